The minimum atomic E-state index is -0.361. The summed E-state index contributed by atoms with van der Waals surface area (Å²) in [5, 5.41) is 1.02. The SMILES string of the molecule is Fc1cccc(CC(CBr)c2ccccc2Br)c1Cl. The van der Waals surface area contributed by atoms with E-state index in [2.05, 4.69) is 37.9 Å². The van der Waals surface area contributed by atoms with Crippen LogP contribution in [0.15, 0.2) is 46.9 Å². The van der Waals surface area contributed by atoms with Crippen LogP contribution in [0.5, 0.6) is 0 Å². The third-order valence-corrected chi connectivity index (χ3v) is 4.96. The van der Waals surface area contributed by atoms with Crippen LogP contribution in [0.2, 0.25) is 5.02 Å². The van der Waals surface area contributed by atoms with Gasteiger partial charge in [-0.25, -0.2) is 4.39 Å². The summed E-state index contributed by atoms with van der Waals surface area (Å²) in [6, 6.07) is 13.0. The first-order chi connectivity index (χ1) is 9.13. The molecule has 2 rings (SSSR count). The average molecular weight is 407 g/mol. The van der Waals surface area contributed by atoms with Crippen molar-refractivity contribution >= 4 is 43.5 Å². The average Bonchev–Trinajstić information content (AvgIpc) is 2.41. The molecule has 0 saturated heterocycles. The van der Waals surface area contributed by atoms with Crippen molar-refractivity contribution in [1.29, 1.82) is 0 Å². The third kappa shape index (κ3) is 3.59. The molecular weight excluding hydrogens is 394 g/mol. The van der Waals surface area contributed by atoms with Gasteiger partial charge in [-0.1, -0.05) is 73.8 Å². The molecule has 100 valence electrons. The molecule has 0 heterocycles. The summed E-state index contributed by atoms with van der Waals surface area (Å²) in [6.07, 6.45) is 0.699. The van der Waals surface area contributed by atoms with Crippen LogP contribution in [0.25, 0.3) is 0 Å². The molecule has 2 aromatic carbocycles. The molecule has 0 aliphatic heterocycles. The van der Waals surface area contributed by atoms with Crippen LogP contribution in [0.3, 0.4) is 0 Å². The van der Waals surface area contributed by atoms with E-state index in [9.17, 15) is 4.39 Å². The minimum absolute atomic E-state index is 0.223. The van der Waals surface area contributed by atoms with Crippen molar-refractivity contribution in [3.05, 3.63) is 68.9 Å². The summed E-state index contributed by atoms with van der Waals surface area (Å²) in [7, 11) is 0. The van der Waals surface area contributed by atoms with E-state index in [1.807, 2.05) is 24.3 Å². The van der Waals surface area contributed by atoms with E-state index in [0.29, 0.717) is 6.42 Å². The quantitative estimate of drug-likeness (QED) is 0.550. The highest BCUT2D eigenvalue weighted by molar-refractivity contribution is 9.10. The highest BCUT2D eigenvalue weighted by Crippen LogP contribution is 2.31. The van der Waals surface area contributed by atoms with Gasteiger partial charge in [-0.15, -0.1) is 0 Å². The van der Waals surface area contributed by atoms with E-state index >= 15 is 0 Å². The fourth-order valence-corrected chi connectivity index (χ4v) is 3.41. The van der Waals surface area contributed by atoms with E-state index in [-0.39, 0.29) is 16.8 Å². The maximum Gasteiger partial charge on any atom is 0.142 e. The third-order valence-electron chi connectivity index (χ3n) is 3.03. The Morgan fingerprint density at radius 1 is 1.11 bits per heavy atom. The Hall–Kier alpha value is -0.380. The van der Waals surface area contributed by atoms with Gasteiger partial charge < -0.3 is 0 Å². The predicted octanol–water partition coefficient (Wildman–Crippen LogP) is 5.96. The topological polar surface area (TPSA) is 0 Å². The second kappa shape index (κ2) is 6.87. The Kier molecular flexibility index (Phi) is 5.43. The summed E-state index contributed by atoms with van der Waals surface area (Å²) < 4.78 is 14.5. The second-order valence-corrected chi connectivity index (χ2v) is 6.17. The molecule has 2 aromatic rings. The smallest absolute Gasteiger partial charge is 0.142 e. The van der Waals surface area contributed by atoms with Crippen molar-refractivity contribution in [1.82, 2.24) is 0 Å². The van der Waals surface area contributed by atoms with Crippen molar-refractivity contribution in [2.45, 2.75) is 12.3 Å². The molecule has 0 aliphatic rings. The van der Waals surface area contributed by atoms with Gasteiger partial charge >= 0.3 is 0 Å². The number of benzene rings is 2. The lowest BCUT2D eigenvalue weighted by Gasteiger charge is -2.17. The number of hydrogen-bond acceptors (Lipinski definition) is 0. The van der Waals surface area contributed by atoms with Crippen LogP contribution in [-0.2, 0) is 6.42 Å². The molecule has 0 aromatic heterocycles. The number of hydrogen-bond donors (Lipinski definition) is 0. The van der Waals surface area contributed by atoms with Crippen LogP contribution >= 0.6 is 43.5 Å². The summed E-state index contributed by atoms with van der Waals surface area (Å²) in [6.45, 7) is 0. The van der Waals surface area contributed by atoms with Crippen molar-refractivity contribution in [3.8, 4) is 0 Å². The van der Waals surface area contributed by atoms with E-state index < -0.39 is 0 Å². The summed E-state index contributed by atoms with van der Waals surface area (Å²) in [5.41, 5.74) is 2.03. The first-order valence-corrected chi connectivity index (χ1v) is 8.16. The predicted molar refractivity (Wildman–Crippen MR) is 85.8 cm³/mol. The first kappa shape index (κ1) is 15.0. The van der Waals surface area contributed by atoms with Crippen LogP contribution in [-0.4, -0.2) is 5.33 Å². The molecule has 0 fully saturated rings. The lowest BCUT2D eigenvalue weighted by molar-refractivity contribution is 0.624. The fraction of sp³-hybridized carbons (Fsp3) is 0.200. The maximum absolute atomic E-state index is 13.5. The molecule has 19 heavy (non-hydrogen) atoms. The van der Waals surface area contributed by atoms with Gasteiger partial charge in [-0.2, -0.15) is 0 Å². The first-order valence-electron chi connectivity index (χ1n) is 5.86. The van der Waals surface area contributed by atoms with Gasteiger partial charge in [0, 0.05) is 9.80 Å². The molecule has 0 bridgehead atoms. The van der Waals surface area contributed by atoms with Gasteiger partial charge in [-0.3, -0.25) is 0 Å². The normalized spacial score (nSPS) is 12.4. The standard InChI is InChI=1S/C15H12Br2ClF/c16-9-11(12-5-1-2-6-13(12)17)8-10-4-3-7-14(19)15(10)18/h1-7,11H,8-9H2. The van der Waals surface area contributed by atoms with Crippen LogP contribution in [0, 0.1) is 5.82 Å². The molecule has 1 atom stereocenters. The molecule has 0 saturated carbocycles. The van der Waals surface area contributed by atoms with Gasteiger partial charge in [0.1, 0.15) is 5.82 Å². The summed E-state index contributed by atoms with van der Waals surface area (Å²) in [4.78, 5) is 0. The zero-order valence-electron chi connectivity index (χ0n) is 10.0. The molecular formula is C15H12Br2ClF. The van der Waals surface area contributed by atoms with Crippen molar-refractivity contribution in [3.63, 3.8) is 0 Å². The zero-order valence-corrected chi connectivity index (χ0v) is 14.0. The molecule has 0 aliphatic carbocycles. The largest absolute Gasteiger partial charge is 0.205 e. The summed E-state index contributed by atoms with van der Waals surface area (Å²) >= 11 is 13.1. The van der Waals surface area contributed by atoms with E-state index in [1.54, 1.807) is 6.07 Å². The molecule has 0 amide bonds. The Bertz CT molecular complexity index is 572. The van der Waals surface area contributed by atoms with E-state index in [1.165, 1.54) is 11.6 Å². The Morgan fingerprint density at radius 2 is 1.84 bits per heavy atom. The number of halogens is 4. The molecule has 0 N–H and O–H groups in total. The highest BCUT2D eigenvalue weighted by Gasteiger charge is 2.16. The number of alkyl halides is 1. The monoisotopic (exact) mass is 404 g/mol. The Labute approximate surface area is 134 Å². The molecule has 4 heteroatoms. The maximum atomic E-state index is 13.5. The second-order valence-electron chi connectivity index (χ2n) is 4.29. The fourth-order valence-electron chi connectivity index (χ4n) is 2.03. The van der Waals surface area contributed by atoms with Crippen LogP contribution < -0.4 is 0 Å². The van der Waals surface area contributed by atoms with Crippen LogP contribution in [0.4, 0.5) is 4.39 Å². The van der Waals surface area contributed by atoms with Crippen molar-refractivity contribution in [2.75, 3.05) is 5.33 Å². The van der Waals surface area contributed by atoms with Crippen LogP contribution in [0.1, 0.15) is 17.0 Å². The van der Waals surface area contributed by atoms with E-state index in [4.69, 9.17) is 11.6 Å². The molecule has 1 unspecified atom stereocenters. The molecule has 0 nitrogen and oxygen atoms in total. The Balaban J connectivity index is 2.30. The van der Waals surface area contributed by atoms with Gasteiger partial charge in [-0.05, 0) is 35.6 Å². The van der Waals surface area contributed by atoms with Gasteiger partial charge in [0.05, 0.1) is 5.02 Å². The van der Waals surface area contributed by atoms with E-state index in [0.717, 1.165) is 15.4 Å². The zero-order chi connectivity index (χ0) is 13.8. The van der Waals surface area contributed by atoms with Gasteiger partial charge in [0.2, 0.25) is 0 Å². The highest BCUT2D eigenvalue weighted by atomic mass is 79.9. The van der Waals surface area contributed by atoms with Gasteiger partial charge in [0.15, 0.2) is 0 Å². The lowest BCUT2D eigenvalue weighted by atomic mass is 9.93. The van der Waals surface area contributed by atoms with Gasteiger partial charge in [0.25, 0.3) is 0 Å². The molecule has 0 spiro atoms. The molecule has 0 radical (unpaired) electrons. The minimum Gasteiger partial charge on any atom is -0.205 e. The van der Waals surface area contributed by atoms with Crippen molar-refractivity contribution < 1.29 is 4.39 Å². The summed E-state index contributed by atoms with van der Waals surface area (Å²) in [5.74, 6) is -0.116. The van der Waals surface area contributed by atoms with Crippen molar-refractivity contribution in [2.24, 2.45) is 0 Å². The lowest BCUT2D eigenvalue weighted by Crippen LogP contribution is -2.06. The Morgan fingerprint density at radius 3 is 2.53 bits per heavy atom. The number of rotatable bonds is 4.